The first-order valence-corrected chi connectivity index (χ1v) is 10.6. The lowest BCUT2D eigenvalue weighted by Crippen LogP contribution is -1.98. The van der Waals surface area contributed by atoms with Crippen molar-refractivity contribution in [2.75, 3.05) is 24.6 Å². The van der Waals surface area contributed by atoms with E-state index in [0.717, 1.165) is 36.0 Å². The molecule has 0 spiro atoms. The van der Waals surface area contributed by atoms with E-state index in [1.807, 2.05) is 33.7 Å². The smallest absolute Gasteiger partial charge is 0.0491 e. The van der Waals surface area contributed by atoms with Crippen molar-refractivity contribution >= 4 is 33.0 Å². The van der Waals surface area contributed by atoms with E-state index in [4.69, 9.17) is 0 Å². The molecule has 0 fully saturated rings. The van der Waals surface area contributed by atoms with Gasteiger partial charge in [-0.1, -0.05) is 82.3 Å². The lowest BCUT2D eigenvalue weighted by atomic mass is 10.1. The minimum Gasteiger partial charge on any atom is -0.289 e. The maximum Gasteiger partial charge on any atom is 0.0491 e. The molecule has 0 radical (unpaired) electrons. The molecule has 0 aliphatic rings. The third kappa shape index (κ3) is 6.93. The van der Waals surface area contributed by atoms with Gasteiger partial charge in [-0.2, -0.15) is 0 Å². The van der Waals surface area contributed by atoms with Crippen molar-refractivity contribution in [3.63, 3.8) is 0 Å². The predicted octanol–water partition coefficient (Wildman–Crippen LogP) is 5.39. The van der Waals surface area contributed by atoms with Crippen LogP contribution in [0.4, 0.5) is 0 Å². The van der Waals surface area contributed by atoms with Crippen molar-refractivity contribution in [2.45, 2.75) is 13.8 Å². The van der Waals surface area contributed by atoms with Gasteiger partial charge >= 0.3 is 0 Å². The Morgan fingerprint density at radius 1 is 0.667 bits per heavy atom. The molecule has 4 heteroatoms. The summed E-state index contributed by atoms with van der Waals surface area (Å²) in [7, 11) is 3.76. The Hall–Kier alpha value is -1.52. The topological polar surface area (TPSA) is 24.7 Å². The van der Waals surface area contributed by atoms with E-state index in [1.54, 1.807) is 0 Å². The van der Waals surface area contributed by atoms with Crippen LogP contribution in [0.5, 0.6) is 0 Å². The summed E-state index contributed by atoms with van der Waals surface area (Å²) in [5.74, 6) is 2.08. The highest BCUT2D eigenvalue weighted by Crippen LogP contribution is 2.20. The van der Waals surface area contributed by atoms with Gasteiger partial charge in [-0.05, 0) is 25.0 Å². The van der Waals surface area contributed by atoms with Gasteiger partial charge in [-0.25, -0.2) is 0 Å². The number of hydrogen-bond donors (Lipinski definition) is 0. The zero-order valence-corrected chi connectivity index (χ0v) is 15.9. The fraction of sp³-hybridized carbons (Fsp3) is 0.300. The molecule has 2 aromatic rings. The molecule has 0 bridgehead atoms. The molecule has 0 aliphatic carbocycles. The molecule has 24 heavy (non-hydrogen) atoms. The molecule has 0 heterocycles. The Bertz CT molecular complexity index is 592. The molecule has 0 unspecified atom stereocenters. The van der Waals surface area contributed by atoms with Crippen LogP contribution in [0.2, 0.25) is 0 Å². The van der Waals surface area contributed by atoms with Crippen LogP contribution in [-0.2, 0) is 0 Å². The van der Waals surface area contributed by atoms with Crippen molar-refractivity contribution in [3.8, 4) is 0 Å². The van der Waals surface area contributed by atoms with Gasteiger partial charge in [0.2, 0.25) is 0 Å². The van der Waals surface area contributed by atoms with Gasteiger partial charge in [-0.3, -0.25) is 9.98 Å². The molecule has 0 saturated heterocycles. The third-order valence-corrected chi connectivity index (χ3v) is 5.88. The summed E-state index contributed by atoms with van der Waals surface area (Å²) in [4.78, 5) is 9.27. The first-order valence-electron chi connectivity index (χ1n) is 8.15. The van der Waals surface area contributed by atoms with Crippen LogP contribution in [0, 0.1) is 0 Å². The van der Waals surface area contributed by atoms with E-state index in [9.17, 15) is 0 Å². The maximum atomic E-state index is 4.64. The maximum absolute atomic E-state index is 4.64. The highest BCUT2D eigenvalue weighted by Gasteiger charge is 1.97. The second kappa shape index (κ2) is 11.1. The van der Waals surface area contributed by atoms with Crippen LogP contribution in [0.3, 0.4) is 0 Å². The van der Waals surface area contributed by atoms with Crippen LogP contribution < -0.4 is 0 Å². The summed E-state index contributed by atoms with van der Waals surface area (Å²) >= 11 is 0. The quantitative estimate of drug-likeness (QED) is 0.342. The Labute approximate surface area is 153 Å². The summed E-state index contributed by atoms with van der Waals surface area (Å²) in [6.07, 6.45) is 0. The van der Waals surface area contributed by atoms with Crippen molar-refractivity contribution < 1.29 is 0 Å². The average Bonchev–Trinajstić information content (AvgIpc) is 2.65. The molecule has 2 nitrogen and oxygen atoms in total. The molecule has 0 saturated carbocycles. The van der Waals surface area contributed by atoms with Gasteiger partial charge in [0.25, 0.3) is 0 Å². The summed E-state index contributed by atoms with van der Waals surface area (Å²) in [6.45, 7) is 5.89. The number of benzene rings is 2. The first-order chi connectivity index (χ1) is 11.8. The Morgan fingerprint density at radius 3 is 1.42 bits per heavy atom. The van der Waals surface area contributed by atoms with E-state index in [2.05, 4.69) is 72.4 Å². The molecule has 126 valence electrons. The average molecular weight is 357 g/mol. The summed E-state index contributed by atoms with van der Waals surface area (Å²) in [5, 5.41) is 0. The molecule has 0 amide bonds. The van der Waals surface area contributed by atoms with E-state index in [-0.39, 0.29) is 0 Å². The van der Waals surface area contributed by atoms with Crippen LogP contribution >= 0.6 is 21.6 Å². The fourth-order valence-electron chi connectivity index (χ4n) is 2.16. The van der Waals surface area contributed by atoms with Gasteiger partial charge in [0.1, 0.15) is 0 Å². The number of aliphatic imine (C=N–C) groups is 2. The van der Waals surface area contributed by atoms with Crippen LogP contribution in [0.25, 0.3) is 0 Å². The standard InChI is InChI=1S/C20H24N2S2/c1-17(19-9-5-3-6-10-19)21-13-15-23-24-16-14-22-18(2)20-11-7-4-8-12-20/h3-12H,13-16H2,1-2H3. The number of rotatable bonds is 9. The number of hydrogen-bond acceptors (Lipinski definition) is 4. The molecular formula is C20H24N2S2. The normalized spacial score (nSPS) is 12.4. The van der Waals surface area contributed by atoms with Crippen molar-refractivity contribution in [1.82, 2.24) is 0 Å². The fourth-order valence-corrected chi connectivity index (χ4v) is 3.88. The second-order valence-electron chi connectivity index (χ2n) is 5.31. The Kier molecular flexibility index (Phi) is 8.71. The van der Waals surface area contributed by atoms with Crippen LogP contribution in [-0.4, -0.2) is 36.0 Å². The van der Waals surface area contributed by atoms with Gasteiger partial charge in [-0.15, -0.1) is 0 Å². The molecule has 0 aliphatic heterocycles. The predicted molar refractivity (Wildman–Crippen MR) is 112 cm³/mol. The first kappa shape index (κ1) is 18.8. The van der Waals surface area contributed by atoms with Crippen molar-refractivity contribution in [3.05, 3.63) is 71.8 Å². The summed E-state index contributed by atoms with van der Waals surface area (Å²) in [5.41, 5.74) is 4.65. The van der Waals surface area contributed by atoms with E-state index in [0.29, 0.717) is 0 Å². The molecule has 0 atom stereocenters. The summed E-state index contributed by atoms with van der Waals surface area (Å²) < 4.78 is 0. The van der Waals surface area contributed by atoms with Crippen LogP contribution in [0.1, 0.15) is 25.0 Å². The lowest BCUT2D eigenvalue weighted by Gasteiger charge is -2.02. The van der Waals surface area contributed by atoms with Gasteiger partial charge < -0.3 is 0 Å². The third-order valence-electron chi connectivity index (χ3n) is 3.51. The highest BCUT2D eigenvalue weighted by atomic mass is 33.1. The van der Waals surface area contributed by atoms with Crippen LogP contribution in [0.15, 0.2) is 70.6 Å². The summed E-state index contributed by atoms with van der Waals surface area (Å²) in [6, 6.07) is 20.7. The van der Waals surface area contributed by atoms with E-state index < -0.39 is 0 Å². The molecule has 2 rings (SSSR count). The minimum atomic E-state index is 0.866. The van der Waals surface area contributed by atoms with Crippen molar-refractivity contribution in [2.24, 2.45) is 9.98 Å². The Balaban J connectivity index is 1.59. The monoisotopic (exact) mass is 356 g/mol. The molecule has 0 aromatic heterocycles. The zero-order valence-electron chi connectivity index (χ0n) is 14.3. The minimum absolute atomic E-state index is 0.866. The van der Waals surface area contributed by atoms with E-state index >= 15 is 0 Å². The molecule has 0 N–H and O–H groups in total. The zero-order chi connectivity index (χ0) is 17.0. The highest BCUT2D eigenvalue weighted by molar-refractivity contribution is 8.76. The van der Waals surface area contributed by atoms with Crippen molar-refractivity contribution in [1.29, 1.82) is 0 Å². The SMILES string of the molecule is CC(=NCCSSCCN=C(C)c1ccccc1)c1ccccc1. The largest absolute Gasteiger partial charge is 0.289 e. The lowest BCUT2D eigenvalue weighted by molar-refractivity contribution is 1.14. The Morgan fingerprint density at radius 2 is 1.04 bits per heavy atom. The molecule has 2 aromatic carbocycles. The van der Waals surface area contributed by atoms with Gasteiger partial charge in [0.05, 0.1) is 0 Å². The molecular weight excluding hydrogens is 332 g/mol. The second-order valence-corrected chi connectivity index (χ2v) is 8.01. The van der Waals surface area contributed by atoms with Gasteiger partial charge in [0, 0.05) is 36.0 Å². The van der Waals surface area contributed by atoms with E-state index in [1.165, 1.54) is 11.1 Å². The van der Waals surface area contributed by atoms with Gasteiger partial charge in [0.15, 0.2) is 0 Å². The number of nitrogens with zero attached hydrogens (tertiary/aromatic N) is 2.